The molecule has 0 aliphatic carbocycles. The molecule has 8 heavy (non-hydrogen) atoms. The number of halogens is 1. The number of thiol groups is 1. The van der Waals surface area contributed by atoms with Gasteiger partial charge in [0.1, 0.15) is 10.7 Å². The topological polar surface area (TPSA) is 34.1 Å². The van der Waals surface area contributed by atoms with Crippen LogP contribution in [0.4, 0.5) is 4.39 Å². The molecule has 0 heterocycles. The van der Waals surface area contributed by atoms with E-state index in [-0.39, 0.29) is 12.2 Å². The maximum atomic E-state index is 11.2. The molecule has 0 saturated heterocycles. The molecule has 0 aliphatic rings. The lowest BCUT2D eigenvalue weighted by Gasteiger charge is -1.84. The summed E-state index contributed by atoms with van der Waals surface area (Å²) >= 11 is 0. The normalized spacial score (nSPS) is 10.2. The van der Waals surface area contributed by atoms with Crippen LogP contribution < -0.4 is 0 Å². The highest BCUT2D eigenvalue weighted by Gasteiger charge is 1.87. The summed E-state index contributed by atoms with van der Waals surface area (Å²) in [5, 5.41) is 0. The lowest BCUT2D eigenvalue weighted by atomic mass is 10.4. The van der Waals surface area contributed by atoms with Crippen LogP contribution in [-0.2, 0) is 10.7 Å². The Balaban J connectivity index is 2.94. The van der Waals surface area contributed by atoms with E-state index < -0.39 is 17.4 Å². The van der Waals surface area contributed by atoms with E-state index in [1.807, 2.05) is 0 Å². The van der Waals surface area contributed by atoms with Crippen LogP contribution in [0.2, 0.25) is 0 Å². The van der Waals surface area contributed by atoms with E-state index in [0.717, 1.165) is 0 Å². The summed E-state index contributed by atoms with van der Waals surface area (Å²) in [6.07, 6.45) is 1.65. The fourth-order valence-electron chi connectivity index (χ4n) is 0.274. The smallest absolute Gasteiger partial charge is 0.140 e. The summed E-state index contributed by atoms with van der Waals surface area (Å²) in [6.45, 7) is -0.469. The summed E-state index contributed by atoms with van der Waals surface area (Å²) < 4.78 is 30.7. The molecule has 0 aromatic heterocycles. The molecule has 0 spiro atoms. The van der Waals surface area contributed by atoms with Gasteiger partial charge in [0.15, 0.2) is 0 Å². The number of rotatable bonds is 4. The molecule has 4 heteroatoms. The van der Waals surface area contributed by atoms with E-state index in [1.54, 1.807) is 0 Å². The second-order valence-corrected chi connectivity index (χ2v) is 2.31. The molecule has 49 valence electrons. The van der Waals surface area contributed by atoms with Crippen LogP contribution in [-0.4, -0.2) is 20.8 Å². The highest BCUT2D eigenvalue weighted by atomic mass is 32.2. The molecule has 0 bridgehead atoms. The third-order valence-corrected chi connectivity index (χ3v) is 1.15. The third kappa shape index (κ3) is 5.88. The van der Waals surface area contributed by atoms with Crippen molar-refractivity contribution in [1.82, 2.24) is 0 Å². The second-order valence-electron chi connectivity index (χ2n) is 1.28. The summed E-state index contributed by atoms with van der Waals surface area (Å²) in [5.41, 5.74) is 0. The first-order chi connectivity index (χ1) is 3.77. The number of hydrogen-bond donors (Lipinski definition) is 1. The van der Waals surface area contributed by atoms with E-state index >= 15 is 0 Å². The zero-order valence-corrected chi connectivity index (χ0v) is 5.23. The van der Waals surface area contributed by atoms with Gasteiger partial charge in [-0.1, -0.05) is 0 Å². The molecule has 0 aliphatic heterocycles. The van der Waals surface area contributed by atoms with Crippen molar-refractivity contribution in [2.75, 3.05) is 12.4 Å². The van der Waals surface area contributed by atoms with Gasteiger partial charge in [0, 0.05) is 0 Å². The highest BCUT2D eigenvalue weighted by molar-refractivity contribution is 7.72. The standard InChI is InChI=1S/C4H8FO2S/c5-3-1-2-4-8(6)7/h2,8H,1,3-4H2. The van der Waals surface area contributed by atoms with Crippen LogP contribution >= 0.6 is 0 Å². The molecular formula is C4H8FO2S. The lowest BCUT2D eigenvalue weighted by Crippen LogP contribution is -1.88. The molecule has 0 N–H and O–H groups in total. The van der Waals surface area contributed by atoms with Crippen molar-refractivity contribution in [3.63, 3.8) is 0 Å². The van der Waals surface area contributed by atoms with Gasteiger partial charge in [0.05, 0.1) is 12.4 Å². The van der Waals surface area contributed by atoms with E-state index in [1.165, 1.54) is 6.42 Å². The van der Waals surface area contributed by atoms with E-state index in [4.69, 9.17) is 0 Å². The zero-order chi connectivity index (χ0) is 6.41. The number of unbranched alkanes of at least 4 members (excludes halogenated alkanes) is 1. The fourth-order valence-corrected chi connectivity index (χ4v) is 0.667. The molecular weight excluding hydrogens is 131 g/mol. The Morgan fingerprint density at radius 2 is 2.12 bits per heavy atom. The van der Waals surface area contributed by atoms with Gasteiger partial charge in [-0.25, -0.2) is 8.42 Å². The van der Waals surface area contributed by atoms with Gasteiger partial charge in [-0.15, -0.1) is 0 Å². The summed E-state index contributed by atoms with van der Waals surface area (Å²) in [6, 6.07) is 0. The van der Waals surface area contributed by atoms with Crippen molar-refractivity contribution in [1.29, 1.82) is 0 Å². The Bertz CT molecular complexity index is 103. The molecule has 0 amide bonds. The largest absolute Gasteiger partial charge is 0.251 e. The van der Waals surface area contributed by atoms with Crippen LogP contribution in [0.15, 0.2) is 0 Å². The Morgan fingerprint density at radius 3 is 2.50 bits per heavy atom. The van der Waals surface area contributed by atoms with E-state index in [9.17, 15) is 12.8 Å². The first-order valence-electron chi connectivity index (χ1n) is 2.27. The summed E-state index contributed by atoms with van der Waals surface area (Å²) in [4.78, 5) is 0. The molecule has 1 radical (unpaired) electrons. The van der Waals surface area contributed by atoms with Crippen molar-refractivity contribution < 1.29 is 12.8 Å². The Hall–Kier alpha value is -0.120. The van der Waals surface area contributed by atoms with Crippen molar-refractivity contribution in [3.8, 4) is 0 Å². The number of hydrogen-bond acceptors (Lipinski definition) is 2. The quantitative estimate of drug-likeness (QED) is 0.444. The molecule has 0 unspecified atom stereocenters. The van der Waals surface area contributed by atoms with Crippen molar-refractivity contribution in [2.45, 2.75) is 6.42 Å². The van der Waals surface area contributed by atoms with Crippen LogP contribution in [0.1, 0.15) is 6.42 Å². The summed E-state index contributed by atoms with van der Waals surface area (Å²) in [5.74, 6) is -0.000741. The van der Waals surface area contributed by atoms with Gasteiger partial charge < -0.3 is 0 Å². The highest BCUT2D eigenvalue weighted by Crippen LogP contribution is 1.86. The second kappa shape index (κ2) is 5.03. The van der Waals surface area contributed by atoms with Crippen molar-refractivity contribution in [3.05, 3.63) is 6.42 Å². The fraction of sp³-hybridized carbons (Fsp3) is 0.750. The Kier molecular flexibility index (Phi) is 4.95. The monoisotopic (exact) mass is 139 g/mol. The minimum Gasteiger partial charge on any atom is -0.251 e. The van der Waals surface area contributed by atoms with E-state index in [0.29, 0.717) is 0 Å². The molecule has 0 aromatic carbocycles. The Labute approximate surface area is 49.7 Å². The first kappa shape index (κ1) is 7.88. The van der Waals surface area contributed by atoms with E-state index in [2.05, 4.69) is 0 Å². The van der Waals surface area contributed by atoms with Gasteiger partial charge in [0.25, 0.3) is 0 Å². The van der Waals surface area contributed by atoms with Gasteiger partial charge >= 0.3 is 0 Å². The predicted octanol–water partition coefficient (Wildman–Crippen LogP) is 0.162. The maximum Gasteiger partial charge on any atom is 0.140 e. The average molecular weight is 139 g/mol. The van der Waals surface area contributed by atoms with Gasteiger partial charge in [-0.3, -0.25) is 4.39 Å². The van der Waals surface area contributed by atoms with Gasteiger partial charge in [-0.05, 0) is 12.8 Å². The lowest BCUT2D eigenvalue weighted by molar-refractivity contribution is 0.492. The van der Waals surface area contributed by atoms with Crippen molar-refractivity contribution >= 4 is 10.7 Å². The minimum absolute atomic E-state index is 0.000741. The SMILES string of the molecule is O=[SH](=O)C[CH]CCF. The van der Waals surface area contributed by atoms with Crippen LogP contribution in [0.3, 0.4) is 0 Å². The van der Waals surface area contributed by atoms with Gasteiger partial charge in [0.2, 0.25) is 0 Å². The third-order valence-electron chi connectivity index (χ3n) is 0.591. The Morgan fingerprint density at radius 1 is 1.50 bits per heavy atom. The number of alkyl halides is 1. The predicted molar refractivity (Wildman–Crippen MR) is 30.1 cm³/mol. The van der Waals surface area contributed by atoms with Crippen LogP contribution in [0, 0.1) is 6.42 Å². The average Bonchev–Trinajstić information content (AvgIpc) is 1.66. The molecule has 0 fully saturated rings. The van der Waals surface area contributed by atoms with Crippen LogP contribution in [0.5, 0.6) is 0 Å². The van der Waals surface area contributed by atoms with Gasteiger partial charge in [-0.2, -0.15) is 0 Å². The molecule has 2 nitrogen and oxygen atoms in total. The first-order valence-corrected chi connectivity index (χ1v) is 3.63. The zero-order valence-electron chi connectivity index (χ0n) is 4.34. The summed E-state index contributed by atoms with van der Waals surface area (Å²) in [7, 11) is -2.33. The molecule has 0 saturated carbocycles. The molecule has 0 rings (SSSR count). The maximum absolute atomic E-state index is 11.2. The van der Waals surface area contributed by atoms with Crippen molar-refractivity contribution in [2.24, 2.45) is 0 Å². The molecule has 0 atom stereocenters. The minimum atomic E-state index is -2.33. The molecule has 0 aromatic rings. The van der Waals surface area contributed by atoms with Crippen LogP contribution in [0.25, 0.3) is 0 Å².